The minimum atomic E-state index is -1.91. The number of rotatable bonds is 5. The Kier molecular flexibility index (Phi) is 6.26. The lowest BCUT2D eigenvalue weighted by Crippen LogP contribution is -2.67. The zero-order valence-corrected chi connectivity index (χ0v) is 15.6. The Labute approximate surface area is 151 Å². The van der Waals surface area contributed by atoms with E-state index in [9.17, 15) is 19.8 Å². The first-order valence-electron chi connectivity index (χ1n) is 8.31. The lowest BCUT2D eigenvalue weighted by molar-refractivity contribution is -0.305. The summed E-state index contributed by atoms with van der Waals surface area (Å²) < 4.78 is 26.7. The molecule has 2 aliphatic heterocycles. The molecule has 26 heavy (non-hydrogen) atoms. The Bertz CT molecular complexity index is 540. The largest absolute Gasteiger partial charge is 0.465 e. The molecule has 0 aliphatic carbocycles. The van der Waals surface area contributed by atoms with Gasteiger partial charge in [-0.3, -0.25) is 4.79 Å². The van der Waals surface area contributed by atoms with E-state index >= 15 is 0 Å². The van der Waals surface area contributed by atoms with Crippen molar-refractivity contribution in [3.05, 3.63) is 0 Å². The summed E-state index contributed by atoms with van der Waals surface area (Å²) in [5.41, 5.74) is 0. The van der Waals surface area contributed by atoms with Crippen molar-refractivity contribution in [2.24, 2.45) is 0 Å². The van der Waals surface area contributed by atoms with E-state index in [4.69, 9.17) is 23.7 Å². The zero-order chi connectivity index (χ0) is 19.7. The van der Waals surface area contributed by atoms with Crippen LogP contribution in [0.2, 0.25) is 0 Å². The number of amides is 1. The van der Waals surface area contributed by atoms with E-state index in [2.05, 4.69) is 5.32 Å². The van der Waals surface area contributed by atoms with Crippen LogP contribution in [0.4, 0.5) is 0 Å². The van der Waals surface area contributed by atoms with E-state index in [0.717, 1.165) is 7.11 Å². The molecule has 6 unspecified atom stereocenters. The Morgan fingerprint density at radius 3 is 2.38 bits per heavy atom. The second kappa shape index (κ2) is 7.75. The monoisotopic (exact) mass is 377 g/mol. The van der Waals surface area contributed by atoms with Gasteiger partial charge in [0.15, 0.2) is 5.79 Å². The van der Waals surface area contributed by atoms with Gasteiger partial charge >= 0.3 is 5.97 Å². The van der Waals surface area contributed by atoms with Crippen LogP contribution in [0, 0.1) is 0 Å². The summed E-state index contributed by atoms with van der Waals surface area (Å²) in [6, 6.07) is -0.984. The van der Waals surface area contributed by atoms with Crippen LogP contribution in [0.15, 0.2) is 0 Å². The molecule has 0 spiro atoms. The minimum Gasteiger partial charge on any atom is -0.465 e. The Morgan fingerprint density at radius 1 is 1.27 bits per heavy atom. The lowest BCUT2D eigenvalue weighted by atomic mass is 9.88. The van der Waals surface area contributed by atoms with Crippen LogP contribution in [0.3, 0.4) is 0 Å². The molecule has 10 heteroatoms. The summed E-state index contributed by atoms with van der Waals surface area (Å²) in [5.74, 6) is -4.10. The molecule has 2 heterocycles. The second-order valence-corrected chi connectivity index (χ2v) is 6.89. The summed E-state index contributed by atoms with van der Waals surface area (Å²) in [4.78, 5) is 23.7. The summed E-state index contributed by atoms with van der Waals surface area (Å²) >= 11 is 0. The van der Waals surface area contributed by atoms with E-state index in [1.54, 1.807) is 13.8 Å². The number of hydrogen-bond acceptors (Lipinski definition) is 9. The van der Waals surface area contributed by atoms with Gasteiger partial charge in [-0.1, -0.05) is 0 Å². The van der Waals surface area contributed by atoms with Crippen LogP contribution in [-0.4, -0.2) is 84.9 Å². The molecule has 2 saturated heterocycles. The first-order chi connectivity index (χ1) is 12.0. The molecule has 10 nitrogen and oxygen atoms in total. The van der Waals surface area contributed by atoms with Gasteiger partial charge in [0.2, 0.25) is 5.91 Å². The Hall–Kier alpha value is -1.30. The third-order valence-electron chi connectivity index (χ3n) is 4.52. The standard InChI is InChI=1S/C16H27NO9/c1-8(18)17-11-9(19)6-16(23-5,14(21)22-4)26-13(11)12(20)10-7-24-15(2,3)25-10/h9-13,19-20H,6-7H2,1-5H3,(H,17,18). The van der Waals surface area contributed by atoms with Crippen LogP contribution >= 0.6 is 0 Å². The number of hydrogen-bond donors (Lipinski definition) is 3. The molecule has 150 valence electrons. The number of nitrogens with one attached hydrogen (secondary N) is 1. The first-order valence-corrected chi connectivity index (χ1v) is 8.31. The molecule has 2 aliphatic rings. The summed E-state index contributed by atoms with van der Waals surface area (Å²) in [7, 11) is 2.38. The van der Waals surface area contributed by atoms with Gasteiger partial charge in [-0.15, -0.1) is 0 Å². The van der Waals surface area contributed by atoms with Gasteiger partial charge in [-0.25, -0.2) is 4.79 Å². The average Bonchev–Trinajstić information content (AvgIpc) is 2.94. The average molecular weight is 377 g/mol. The predicted molar refractivity (Wildman–Crippen MR) is 85.8 cm³/mol. The first kappa shape index (κ1) is 21.0. The number of methoxy groups -OCH3 is 2. The molecule has 2 fully saturated rings. The fourth-order valence-corrected chi connectivity index (χ4v) is 3.25. The molecule has 0 saturated carbocycles. The van der Waals surface area contributed by atoms with Crippen LogP contribution < -0.4 is 5.32 Å². The predicted octanol–water partition coefficient (Wildman–Crippen LogP) is -1.33. The van der Waals surface area contributed by atoms with E-state index in [1.807, 2.05) is 0 Å². The smallest absolute Gasteiger partial charge is 0.366 e. The van der Waals surface area contributed by atoms with Gasteiger partial charge in [0.25, 0.3) is 5.79 Å². The molecule has 0 aromatic rings. The van der Waals surface area contributed by atoms with Crippen molar-refractivity contribution < 1.29 is 43.5 Å². The molecule has 0 bridgehead atoms. The van der Waals surface area contributed by atoms with Crippen molar-refractivity contribution in [2.75, 3.05) is 20.8 Å². The molecular formula is C16H27NO9. The second-order valence-electron chi connectivity index (χ2n) is 6.89. The van der Waals surface area contributed by atoms with Crippen molar-refractivity contribution in [1.29, 1.82) is 0 Å². The van der Waals surface area contributed by atoms with E-state index in [1.165, 1.54) is 14.0 Å². The molecule has 6 atom stereocenters. The van der Waals surface area contributed by atoms with Crippen LogP contribution in [-0.2, 0) is 33.3 Å². The minimum absolute atomic E-state index is 0.0785. The third-order valence-corrected chi connectivity index (χ3v) is 4.52. The topological polar surface area (TPSA) is 133 Å². The van der Waals surface area contributed by atoms with Crippen molar-refractivity contribution in [3.8, 4) is 0 Å². The SMILES string of the molecule is COC(=O)C1(OC)CC(O)C(NC(C)=O)C(C(O)C2COC(C)(C)O2)O1. The number of ether oxygens (including phenoxy) is 5. The van der Waals surface area contributed by atoms with Gasteiger partial charge in [0.05, 0.1) is 25.9 Å². The van der Waals surface area contributed by atoms with Gasteiger partial charge in [-0.05, 0) is 13.8 Å². The third kappa shape index (κ3) is 4.16. The summed E-state index contributed by atoms with van der Waals surface area (Å²) in [5, 5.41) is 23.9. The molecule has 0 radical (unpaired) electrons. The maximum atomic E-state index is 12.2. The highest BCUT2D eigenvalue weighted by Crippen LogP contribution is 2.35. The Morgan fingerprint density at radius 2 is 1.92 bits per heavy atom. The fourth-order valence-electron chi connectivity index (χ4n) is 3.25. The lowest BCUT2D eigenvalue weighted by Gasteiger charge is -2.46. The van der Waals surface area contributed by atoms with E-state index in [-0.39, 0.29) is 13.0 Å². The van der Waals surface area contributed by atoms with Crippen LogP contribution in [0.25, 0.3) is 0 Å². The normalized spacial score (nSPS) is 37.8. The fraction of sp³-hybridized carbons (Fsp3) is 0.875. The maximum absolute atomic E-state index is 12.2. The van der Waals surface area contributed by atoms with Crippen LogP contribution in [0.5, 0.6) is 0 Å². The van der Waals surface area contributed by atoms with Crippen molar-refractivity contribution in [1.82, 2.24) is 5.32 Å². The van der Waals surface area contributed by atoms with Crippen molar-refractivity contribution >= 4 is 11.9 Å². The highest BCUT2D eigenvalue weighted by atomic mass is 16.8. The molecule has 2 rings (SSSR count). The number of esters is 1. The highest BCUT2D eigenvalue weighted by molar-refractivity contribution is 5.78. The molecule has 3 N–H and O–H groups in total. The maximum Gasteiger partial charge on any atom is 0.366 e. The van der Waals surface area contributed by atoms with Gasteiger partial charge < -0.3 is 39.2 Å². The number of carbonyl (C=O) groups excluding carboxylic acids is 2. The van der Waals surface area contributed by atoms with E-state index in [0.29, 0.717) is 0 Å². The molecule has 0 aromatic carbocycles. The molecule has 0 aromatic heterocycles. The quantitative estimate of drug-likeness (QED) is 0.498. The zero-order valence-electron chi connectivity index (χ0n) is 15.6. The summed E-state index contributed by atoms with van der Waals surface area (Å²) in [6.45, 7) is 4.73. The van der Waals surface area contributed by atoms with Crippen LogP contribution in [0.1, 0.15) is 27.2 Å². The van der Waals surface area contributed by atoms with Gasteiger partial charge in [0.1, 0.15) is 18.3 Å². The number of aliphatic hydroxyl groups is 2. The highest BCUT2D eigenvalue weighted by Gasteiger charge is 2.56. The summed E-state index contributed by atoms with van der Waals surface area (Å²) in [6.07, 6.45) is -4.82. The molecular weight excluding hydrogens is 350 g/mol. The number of carbonyl (C=O) groups is 2. The van der Waals surface area contributed by atoms with E-state index < -0.39 is 53.9 Å². The van der Waals surface area contributed by atoms with Gasteiger partial charge in [0, 0.05) is 20.5 Å². The van der Waals surface area contributed by atoms with Gasteiger partial charge in [-0.2, -0.15) is 0 Å². The number of aliphatic hydroxyl groups excluding tert-OH is 2. The molecule has 1 amide bonds. The van der Waals surface area contributed by atoms with Crippen molar-refractivity contribution in [3.63, 3.8) is 0 Å². The van der Waals surface area contributed by atoms with Crippen molar-refractivity contribution in [2.45, 2.75) is 69.2 Å². The Balaban J connectivity index is 2.31.